The van der Waals surface area contributed by atoms with Crippen molar-refractivity contribution in [2.45, 2.75) is 18.2 Å². The molecule has 0 saturated carbocycles. The van der Waals surface area contributed by atoms with Gasteiger partial charge >= 0.3 is 0 Å². The van der Waals surface area contributed by atoms with Gasteiger partial charge in [-0.05, 0) is 31.6 Å². The molecule has 1 aromatic carbocycles. The van der Waals surface area contributed by atoms with Gasteiger partial charge in [-0.1, -0.05) is 19.1 Å². The summed E-state index contributed by atoms with van der Waals surface area (Å²) in [5, 5.41) is 0. The van der Waals surface area contributed by atoms with Crippen LogP contribution in [0.5, 0.6) is 0 Å². The van der Waals surface area contributed by atoms with Crippen LogP contribution in [0.3, 0.4) is 0 Å². The van der Waals surface area contributed by atoms with Crippen molar-refractivity contribution in [3.8, 4) is 0 Å². The molecule has 0 spiro atoms. The Balaban J connectivity index is 2.23. The van der Waals surface area contributed by atoms with E-state index in [0.717, 1.165) is 19.5 Å². The van der Waals surface area contributed by atoms with Crippen molar-refractivity contribution in [2.24, 2.45) is 0 Å². The quantitative estimate of drug-likeness (QED) is 0.846. The maximum atomic E-state index is 13.7. The van der Waals surface area contributed by atoms with E-state index >= 15 is 0 Å². The number of likely N-dealkylation sites (N-methyl/N-ethyl adjacent to an activating group) is 1. The van der Waals surface area contributed by atoms with Crippen molar-refractivity contribution in [2.75, 3.05) is 32.7 Å². The molecule has 1 aliphatic heterocycles. The molecule has 4 nitrogen and oxygen atoms in total. The number of hydrogen-bond acceptors (Lipinski definition) is 3. The Morgan fingerprint density at radius 2 is 1.89 bits per heavy atom. The molecule has 1 saturated heterocycles. The Labute approximate surface area is 113 Å². The molecule has 0 N–H and O–H groups in total. The Morgan fingerprint density at radius 3 is 2.58 bits per heavy atom. The molecule has 0 aliphatic carbocycles. The van der Waals surface area contributed by atoms with Gasteiger partial charge in [-0.25, -0.2) is 12.8 Å². The van der Waals surface area contributed by atoms with Crippen molar-refractivity contribution >= 4 is 10.0 Å². The molecule has 0 aromatic heterocycles. The highest BCUT2D eigenvalue weighted by Gasteiger charge is 2.28. The minimum atomic E-state index is -3.72. The molecular formula is C13H19FN2O2S. The van der Waals surface area contributed by atoms with E-state index in [9.17, 15) is 12.8 Å². The average molecular weight is 286 g/mol. The summed E-state index contributed by atoms with van der Waals surface area (Å²) >= 11 is 0. The first-order valence-electron chi connectivity index (χ1n) is 6.52. The standard InChI is InChI=1S/C13H19FN2O2S/c1-2-15-8-5-9-16(11-10-15)19(17,18)13-7-4-3-6-12(13)14/h3-4,6-7H,2,5,8-11H2,1H3. The lowest BCUT2D eigenvalue weighted by Crippen LogP contribution is -2.35. The fraction of sp³-hybridized carbons (Fsp3) is 0.538. The third-order valence-electron chi connectivity index (χ3n) is 3.45. The monoisotopic (exact) mass is 286 g/mol. The van der Waals surface area contributed by atoms with Crippen LogP contribution in [0.25, 0.3) is 0 Å². The van der Waals surface area contributed by atoms with Gasteiger partial charge < -0.3 is 4.90 Å². The predicted octanol–water partition coefficient (Wildman–Crippen LogP) is 1.54. The van der Waals surface area contributed by atoms with Gasteiger partial charge in [0, 0.05) is 19.6 Å². The van der Waals surface area contributed by atoms with Crippen LogP contribution in [0.2, 0.25) is 0 Å². The maximum absolute atomic E-state index is 13.7. The highest BCUT2D eigenvalue weighted by Crippen LogP contribution is 2.20. The highest BCUT2D eigenvalue weighted by molar-refractivity contribution is 7.89. The lowest BCUT2D eigenvalue weighted by atomic mass is 10.3. The molecule has 0 radical (unpaired) electrons. The number of rotatable bonds is 3. The Bertz CT molecular complexity index is 533. The molecule has 0 atom stereocenters. The second-order valence-electron chi connectivity index (χ2n) is 4.62. The first-order chi connectivity index (χ1) is 9.05. The molecule has 6 heteroatoms. The van der Waals surface area contributed by atoms with Gasteiger partial charge in [0.25, 0.3) is 0 Å². The molecule has 0 bridgehead atoms. The minimum Gasteiger partial charge on any atom is -0.302 e. The third kappa shape index (κ3) is 3.13. The normalized spacial score (nSPS) is 19.3. The second kappa shape index (κ2) is 5.98. The molecular weight excluding hydrogens is 267 g/mol. The lowest BCUT2D eigenvalue weighted by Gasteiger charge is -2.21. The van der Waals surface area contributed by atoms with E-state index in [1.165, 1.54) is 22.5 Å². The van der Waals surface area contributed by atoms with Gasteiger partial charge in [-0.2, -0.15) is 4.31 Å². The molecule has 0 amide bonds. The van der Waals surface area contributed by atoms with Gasteiger partial charge in [-0.15, -0.1) is 0 Å². The van der Waals surface area contributed by atoms with E-state index < -0.39 is 15.8 Å². The fourth-order valence-electron chi connectivity index (χ4n) is 2.30. The van der Waals surface area contributed by atoms with E-state index in [1.807, 2.05) is 0 Å². The predicted molar refractivity (Wildman–Crippen MR) is 71.9 cm³/mol. The Kier molecular flexibility index (Phi) is 4.54. The Morgan fingerprint density at radius 1 is 1.16 bits per heavy atom. The van der Waals surface area contributed by atoms with Crippen LogP contribution in [0.15, 0.2) is 29.2 Å². The summed E-state index contributed by atoms with van der Waals surface area (Å²) in [7, 11) is -3.72. The van der Waals surface area contributed by atoms with Crippen molar-refractivity contribution in [1.29, 1.82) is 0 Å². The Hall–Kier alpha value is -0.980. The summed E-state index contributed by atoms with van der Waals surface area (Å²) in [6, 6.07) is 5.55. The fourth-order valence-corrected chi connectivity index (χ4v) is 3.83. The van der Waals surface area contributed by atoms with Crippen molar-refractivity contribution in [3.63, 3.8) is 0 Å². The van der Waals surface area contributed by atoms with Crippen LogP contribution in [-0.4, -0.2) is 50.3 Å². The van der Waals surface area contributed by atoms with Crippen LogP contribution in [0.1, 0.15) is 13.3 Å². The summed E-state index contributed by atoms with van der Waals surface area (Å²) in [4.78, 5) is 1.98. The molecule has 0 unspecified atom stereocenters. The van der Waals surface area contributed by atoms with Crippen molar-refractivity contribution < 1.29 is 12.8 Å². The molecule has 19 heavy (non-hydrogen) atoms. The summed E-state index contributed by atoms with van der Waals surface area (Å²) in [6.45, 7) is 5.43. The minimum absolute atomic E-state index is 0.222. The average Bonchev–Trinajstić information content (AvgIpc) is 2.64. The van der Waals surface area contributed by atoms with Crippen LogP contribution in [0.4, 0.5) is 4.39 Å². The summed E-state index contributed by atoms with van der Waals surface area (Å²) < 4.78 is 39.9. The van der Waals surface area contributed by atoms with E-state index in [0.29, 0.717) is 19.6 Å². The summed E-state index contributed by atoms with van der Waals surface area (Å²) in [6.07, 6.45) is 0.779. The van der Waals surface area contributed by atoms with Crippen LogP contribution < -0.4 is 0 Å². The number of nitrogens with zero attached hydrogens (tertiary/aromatic N) is 2. The van der Waals surface area contributed by atoms with E-state index in [1.54, 1.807) is 6.07 Å². The zero-order chi connectivity index (χ0) is 13.9. The topological polar surface area (TPSA) is 40.6 Å². The second-order valence-corrected chi connectivity index (χ2v) is 6.53. The number of sulfonamides is 1. The molecule has 1 aliphatic rings. The van der Waals surface area contributed by atoms with E-state index in [2.05, 4.69) is 11.8 Å². The maximum Gasteiger partial charge on any atom is 0.246 e. The van der Waals surface area contributed by atoms with Crippen molar-refractivity contribution in [3.05, 3.63) is 30.1 Å². The van der Waals surface area contributed by atoms with Crippen LogP contribution >= 0.6 is 0 Å². The zero-order valence-corrected chi connectivity index (χ0v) is 11.9. The van der Waals surface area contributed by atoms with Gasteiger partial charge in [0.15, 0.2) is 0 Å². The zero-order valence-electron chi connectivity index (χ0n) is 11.0. The highest BCUT2D eigenvalue weighted by atomic mass is 32.2. The molecule has 106 valence electrons. The number of hydrogen-bond donors (Lipinski definition) is 0. The molecule has 1 heterocycles. The van der Waals surface area contributed by atoms with Gasteiger partial charge in [-0.3, -0.25) is 0 Å². The van der Waals surface area contributed by atoms with E-state index in [4.69, 9.17) is 0 Å². The van der Waals surface area contributed by atoms with Crippen LogP contribution in [-0.2, 0) is 10.0 Å². The number of halogens is 1. The van der Waals surface area contributed by atoms with Crippen LogP contribution in [0, 0.1) is 5.82 Å². The lowest BCUT2D eigenvalue weighted by molar-refractivity contribution is 0.301. The molecule has 1 fully saturated rings. The first kappa shape index (κ1) is 14.4. The number of benzene rings is 1. The molecule has 1 aromatic rings. The smallest absolute Gasteiger partial charge is 0.246 e. The summed E-state index contributed by atoms with van der Waals surface area (Å²) in [5.41, 5.74) is 0. The van der Waals surface area contributed by atoms with E-state index in [-0.39, 0.29) is 4.90 Å². The van der Waals surface area contributed by atoms with Gasteiger partial charge in [0.1, 0.15) is 10.7 Å². The SMILES string of the molecule is CCN1CCCN(S(=O)(=O)c2ccccc2F)CC1. The largest absolute Gasteiger partial charge is 0.302 e. The first-order valence-corrected chi connectivity index (χ1v) is 7.96. The van der Waals surface area contributed by atoms with Crippen molar-refractivity contribution in [1.82, 2.24) is 9.21 Å². The third-order valence-corrected chi connectivity index (χ3v) is 5.38. The van der Waals surface area contributed by atoms with Gasteiger partial charge in [0.05, 0.1) is 0 Å². The van der Waals surface area contributed by atoms with Gasteiger partial charge in [0.2, 0.25) is 10.0 Å². The molecule has 2 rings (SSSR count). The summed E-state index contributed by atoms with van der Waals surface area (Å²) in [5.74, 6) is -0.681.